The number of thiazole rings is 1. The molecule has 4 aromatic rings. The van der Waals surface area contributed by atoms with Gasteiger partial charge in [0.2, 0.25) is 0 Å². The van der Waals surface area contributed by atoms with Gasteiger partial charge in [0.25, 0.3) is 0 Å². The molecule has 162 valence electrons. The van der Waals surface area contributed by atoms with Crippen LogP contribution in [0.4, 0.5) is 5.13 Å². The number of hydrogen-bond donors (Lipinski definition) is 2. The lowest BCUT2D eigenvalue weighted by Crippen LogP contribution is -2.36. The van der Waals surface area contributed by atoms with Crippen LogP contribution in [0.5, 0.6) is 0 Å². The molecule has 0 radical (unpaired) electrons. The molecular weight excluding hydrogens is 434 g/mol. The third kappa shape index (κ3) is 4.15. The number of hydrogen-bond acceptors (Lipinski definition) is 8. The van der Waals surface area contributed by atoms with E-state index in [1.54, 1.807) is 23.7 Å². The van der Waals surface area contributed by atoms with Crippen LogP contribution in [0.3, 0.4) is 0 Å². The highest BCUT2D eigenvalue weighted by Gasteiger charge is 2.23. The Kier molecular flexibility index (Phi) is 5.15. The predicted molar refractivity (Wildman–Crippen MR) is 121 cm³/mol. The molecule has 1 fully saturated rings. The Bertz CT molecular complexity index is 1360. The molecule has 2 unspecified atom stereocenters. The molecule has 31 heavy (non-hydrogen) atoms. The van der Waals surface area contributed by atoms with E-state index in [0.29, 0.717) is 17.7 Å². The van der Waals surface area contributed by atoms with Crippen molar-refractivity contribution < 1.29 is 13.5 Å². The Morgan fingerprint density at radius 3 is 2.84 bits per heavy atom. The average molecular weight is 458 g/mol. The van der Waals surface area contributed by atoms with Gasteiger partial charge in [-0.3, -0.25) is 0 Å². The predicted octanol–water partition coefficient (Wildman–Crippen LogP) is 3.21. The molecule has 0 amide bonds. The first kappa shape index (κ1) is 20.3. The minimum atomic E-state index is -3.32. The van der Waals surface area contributed by atoms with Crippen LogP contribution in [0, 0.1) is 0 Å². The third-order valence-electron chi connectivity index (χ3n) is 5.70. The van der Waals surface area contributed by atoms with Crippen LogP contribution in [0.1, 0.15) is 31.2 Å². The number of fused-ring (bicyclic) bond motifs is 2. The van der Waals surface area contributed by atoms with Crippen LogP contribution in [0.25, 0.3) is 21.4 Å². The summed E-state index contributed by atoms with van der Waals surface area (Å²) in [6.07, 6.45) is 7.90. The van der Waals surface area contributed by atoms with Crippen molar-refractivity contribution in [3.63, 3.8) is 0 Å². The van der Waals surface area contributed by atoms with Gasteiger partial charge in [-0.2, -0.15) is 0 Å². The smallest absolute Gasteiger partial charge is 0.184 e. The highest BCUT2D eigenvalue weighted by Crippen LogP contribution is 2.30. The SMILES string of the molecule is CS(=O)(=O)c1cnc2c(c1)ncn2Cc1ccc2nc(NC3CCCCC3O)sc2c1. The van der Waals surface area contributed by atoms with Crippen LogP contribution >= 0.6 is 11.3 Å². The molecule has 1 aromatic carbocycles. The lowest BCUT2D eigenvalue weighted by atomic mass is 9.93. The molecule has 2 atom stereocenters. The summed E-state index contributed by atoms with van der Waals surface area (Å²) in [5, 5.41) is 14.5. The maximum atomic E-state index is 11.7. The fourth-order valence-electron chi connectivity index (χ4n) is 4.01. The summed E-state index contributed by atoms with van der Waals surface area (Å²) in [4.78, 5) is 13.5. The highest BCUT2D eigenvalue weighted by molar-refractivity contribution is 7.90. The molecule has 3 aromatic heterocycles. The van der Waals surface area contributed by atoms with E-state index in [1.165, 1.54) is 6.20 Å². The monoisotopic (exact) mass is 457 g/mol. The summed E-state index contributed by atoms with van der Waals surface area (Å²) >= 11 is 1.59. The van der Waals surface area contributed by atoms with Crippen molar-refractivity contribution in [2.75, 3.05) is 11.6 Å². The minimum Gasteiger partial charge on any atom is -0.391 e. The van der Waals surface area contributed by atoms with Gasteiger partial charge in [0, 0.05) is 12.5 Å². The zero-order chi connectivity index (χ0) is 21.6. The number of anilines is 1. The van der Waals surface area contributed by atoms with E-state index < -0.39 is 9.84 Å². The van der Waals surface area contributed by atoms with Crippen molar-refractivity contribution >= 4 is 47.7 Å². The zero-order valence-electron chi connectivity index (χ0n) is 17.0. The first-order chi connectivity index (χ1) is 14.9. The molecule has 1 saturated carbocycles. The summed E-state index contributed by atoms with van der Waals surface area (Å²) in [7, 11) is -3.32. The molecule has 0 saturated heterocycles. The van der Waals surface area contributed by atoms with Gasteiger partial charge in [-0.1, -0.05) is 30.2 Å². The zero-order valence-corrected chi connectivity index (χ0v) is 18.7. The van der Waals surface area contributed by atoms with Gasteiger partial charge in [-0.15, -0.1) is 0 Å². The van der Waals surface area contributed by atoms with Crippen molar-refractivity contribution in [2.45, 2.75) is 49.3 Å². The second-order valence-corrected chi connectivity index (χ2v) is 11.1. The van der Waals surface area contributed by atoms with E-state index in [1.807, 2.05) is 16.7 Å². The molecule has 0 aliphatic heterocycles. The van der Waals surface area contributed by atoms with E-state index in [4.69, 9.17) is 0 Å². The first-order valence-corrected chi connectivity index (χ1v) is 12.9. The van der Waals surface area contributed by atoms with Gasteiger partial charge >= 0.3 is 0 Å². The number of sulfone groups is 1. The molecule has 1 aliphatic rings. The maximum absolute atomic E-state index is 11.7. The van der Waals surface area contributed by atoms with Crippen LogP contribution in [-0.4, -0.2) is 51.4 Å². The van der Waals surface area contributed by atoms with Crippen LogP contribution in [0.15, 0.2) is 41.7 Å². The van der Waals surface area contributed by atoms with Gasteiger partial charge in [0.05, 0.1) is 40.1 Å². The summed E-state index contributed by atoms with van der Waals surface area (Å²) in [5.41, 5.74) is 3.20. The van der Waals surface area contributed by atoms with Crippen molar-refractivity contribution in [3.8, 4) is 0 Å². The van der Waals surface area contributed by atoms with E-state index in [0.717, 1.165) is 52.9 Å². The van der Waals surface area contributed by atoms with Gasteiger partial charge < -0.3 is 15.0 Å². The lowest BCUT2D eigenvalue weighted by molar-refractivity contribution is 0.116. The number of pyridine rings is 1. The molecule has 3 heterocycles. The molecule has 1 aliphatic carbocycles. The molecule has 2 N–H and O–H groups in total. The third-order valence-corrected chi connectivity index (χ3v) is 7.73. The first-order valence-electron chi connectivity index (χ1n) is 10.2. The number of nitrogens with one attached hydrogen (secondary N) is 1. The lowest BCUT2D eigenvalue weighted by Gasteiger charge is -2.27. The normalized spacial score (nSPS) is 19.8. The second-order valence-electron chi connectivity index (χ2n) is 8.08. The molecule has 10 heteroatoms. The van der Waals surface area contributed by atoms with Gasteiger partial charge in [-0.05, 0) is 36.6 Å². The number of imidazole rings is 1. The molecule has 8 nitrogen and oxygen atoms in total. The van der Waals surface area contributed by atoms with Gasteiger partial charge in [0.1, 0.15) is 5.52 Å². The summed E-state index contributed by atoms with van der Waals surface area (Å²) in [5.74, 6) is 0. The second kappa shape index (κ2) is 7.85. The van der Waals surface area contributed by atoms with Crippen LogP contribution in [0.2, 0.25) is 0 Å². The molecule has 0 bridgehead atoms. The fraction of sp³-hybridized carbons (Fsp3) is 0.381. The number of nitrogens with zero attached hydrogens (tertiary/aromatic N) is 4. The van der Waals surface area contributed by atoms with Crippen molar-refractivity contribution in [1.82, 2.24) is 19.5 Å². The van der Waals surface area contributed by atoms with Gasteiger partial charge in [-0.25, -0.2) is 23.4 Å². The van der Waals surface area contributed by atoms with Crippen LogP contribution < -0.4 is 5.32 Å². The Labute approximate surface area is 183 Å². The Morgan fingerprint density at radius 1 is 1.19 bits per heavy atom. The number of aliphatic hydroxyl groups is 1. The Morgan fingerprint density at radius 2 is 2.03 bits per heavy atom. The summed E-state index contributed by atoms with van der Waals surface area (Å²) < 4.78 is 26.5. The van der Waals surface area contributed by atoms with E-state index in [-0.39, 0.29) is 17.0 Å². The Hall–Kier alpha value is -2.56. The molecule has 0 spiro atoms. The van der Waals surface area contributed by atoms with E-state index in [2.05, 4.69) is 26.3 Å². The summed E-state index contributed by atoms with van der Waals surface area (Å²) in [6.45, 7) is 0.569. The van der Waals surface area contributed by atoms with Crippen molar-refractivity contribution in [1.29, 1.82) is 0 Å². The number of aliphatic hydroxyl groups excluding tert-OH is 1. The van der Waals surface area contributed by atoms with Crippen LogP contribution in [-0.2, 0) is 16.4 Å². The van der Waals surface area contributed by atoms with Gasteiger partial charge in [0.15, 0.2) is 20.6 Å². The number of aromatic nitrogens is 4. The molecular formula is C21H23N5O3S2. The highest BCUT2D eigenvalue weighted by atomic mass is 32.2. The average Bonchev–Trinajstić information content (AvgIpc) is 3.32. The van der Waals surface area contributed by atoms with E-state index >= 15 is 0 Å². The minimum absolute atomic E-state index is 0.0639. The fourth-order valence-corrected chi connectivity index (χ4v) is 5.57. The largest absolute Gasteiger partial charge is 0.391 e. The maximum Gasteiger partial charge on any atom is 0.184 e. The number of benzene rings is 1. The number of rotatable bonds is 5. The summed E-state index contributed by atoms with van der Waals surface area (Å²) in [6, 6.07) is 7.74. The van der Waals surface area contributed by atoms with Crippen molar-refractivity contribution in [2.24, 2.45) is 0 Å². The standard InChI is InChI=1S/C21H23N5O3S2/c1-31(28,29)14-9-17-20(22-10-14)26(12-23-17)11-13-6-7-16-19(8-13)30-21(25-16)24-15-4-2-3-5-18(15)27/h6-10,12,15,18,27H,2-5,11H2,1H3,(H,24,25). The quantitative estimate of drug-likeness (QED) is 0.473. The van der Waals surface area contributed by atoms with Crippen molar-refractivity contribution in [3.05, 3.63) is 42.4 Å². The topological polar surface area (TPSA) is 110 Å². The van der Waals surface area contributed by atoms with E-state index in [9.17, 15) is 13.5 Å². The Balaban J connectivity index is 1.38. The molecule has 5 rings (SSSR count).